The van der Waals surface area contributed by atoms with Crippen LogP contribution in [0.5, 0.6) is 0 Å². The molecule has 0 aromatic carbocycles. The van der Waals surface area contributed by atoms with E-state index in [4.69, 9.17) is 20.6 Å². The first-order valence-corrected chi connectivity index (χ1v) is 5.69. The fraction of sp³-hybridized carbons (Fsp3) is 0.833. The molecule has 94 valence electrons. The van der Waals surface area contributed by atoms with Crippen LogP contribution in [0.15, 0.2) is 0 Å². The summed E-state index contributed by atoms with van der Waals surface area (Å²) in [5.74, 6) is 2.67. The molecule has 0 heterocycles. The third kappa shape index (κ3) is 9.94. The lowest BCUT2D eigenvalue weighted by molar-refractivity contribution is 0.0254. The van der Waals surface area contributed by atoms with Gasteiger partial charge in [0.25, 0.3) is 0 Å². The van der Waals surface area contributed by atoms with Gasteiger partial charge < -0.3 is 19.5 Å². The average molecular weight is 229 g/mol. The van der Waals surface area contributed by atoms with Crippen molar-refractivity contribution in [1.82, 2.24) is 5.32 Å². The highest BCUT2D eigenvalue weighted by molar-refractivity contribution is 4.97. The Morgan fingerprint density at radius 3 is 2.31 bits per heavy atom. The maximum atomic E-state index is 5.36. The average Bonchev–Trinajstić information content (AvgIpc) is 2.32. The lowest BCUT2D eigenvalue weighted by Gasteiger charge is -2.10. The van der Waals surface area contributed by atoms with E-state index >= 15 is 0 Å². The summed E-state index contributed by atoms with van der Waals surface area (Å²) in [6, 6.07) is 0.154. The van der Waals surface area contributed by atoms with Gasteiger partial charge >= 0.3 is 0 Å². The topological polar surface area (TPSA) is 39.7 Å². The lowest BCUT2D eigenvalue weighted by atomic mass is 10.2. The number of nitrogens with one attached hydrogen (secondary N) is 1. The summed E-state index contributed by atoms with van der Waals surface area (Å²) in [4.78, 5) is 0. The van der Waals surface area contributed by atoms with Gasteiger partial charge in [-0.25, -0.2) is 0 Å². The molecule has 0 saturated heterocycles. The summed E-state index contributed by atoms with van der Waals surface area (Å²) in [6.07, 6.45) is 6.25. The maximum absolute atomic E-state index is 5.36. The van der Waals surface area contributed by atoms with E-state index in [2.05, 4.69) is 18.2 Å². The second-order valence-corrected chi connectivity index (χ2v) is 3.30. The molecular weight excluding hydrogens is 206 g/mol. The van der Waals surface area contributed by atoms with Crippen molar-refractivity contribution in [2.75, 3.05) is 46.7 Å². The van der Waals surface area contributed by atoms with E-state index < -0.39 is 0 Å². The molecule has 0 saturated carbocycles. The van der Waals surface area contributed by atoms with Crippen LogP contribution in [0.2, 0.25) is 0 Å². The lowest BCUT2D eigenvalue weighted by Crippen LogP contribution is -2.30. The molecule has 1 atom stereocenters. The van der Waals surface area contributed by atoms with Gasteiger partial charge in [0.1, 0.15) is 0 Å². The first-order chi connectivity index (χ1) is 7.85. The fourth-order valence-corrected chi connectivity index (χ4v) is 1.09. The Morgan fingerprint density at radius 2 is 1.75 bits per heavy atom. The Hall–Kier alpha value is -0.600. The first kappa shape index (κ1) is 15.4. The third-order valence-corrected chi connectivity index (χ3v) is 2.05. The van der Waals surface area contributed by atoms with Gasteiger partial charge in [-0.1, -0.05) is 12.8 Å². The molecule has 4 heteroatoms. The molecule has 0 radical (unpaired) electrons. The minimum Gasteiger partial charge on any atom is -0.382 e. The standard InChI is InChI=1S/C12H23NO3/c1-4-12(5-2)13-6-7-15-10-11-16-9-8-14-3/h1,12-13H,5-11H2,2-3H3. The zero-order valence-corrected chi connectivity index (χ0v) is 10.3. The van der Waals surface area contributed by atoms with Gasteiger partial charge in [-0.2, -0.15) is 0 Å². The second kappa shape index (κ2) is 12.5. The molecule has 16 heavy (non-hydrogen) atoms. The number of rotatable bonds is 11. The number of hydrogen-bond donors (Lipinski definition) is 1. The molecule has 0 rings (SSSR count). The quantitative estimate of drug-likeness (QED) is 0.417. The summed E-state index contributed by atoms with van der Waals surface area (Å²) < 4.78 is 15.4. The van der Waals surface area contributed by atoms with Crippen molar-refractivity contribution in [2.45, 2.75) is 19.4 Å². The number of ether oxygens (including phenoxy) is 3. The SMILES string of the molecule is C#CC(CC)NCCOCCOCCOC. The van der Waals surface area contributed by atoms with Gasteiger partial charge in [-0.3, -0.25) is 0 Å². The van der Waals surface area contributed by atoms with E-state index in [0.717, 1.165) is 13.0 Å². The molecule has 0 amide bonds. The highest BCUT2D eigenvalue weighted by Crippen LogP contribution is 1.86. The Morgan fingerprint density at radius 1 is 1.12 bits per heavy atom. The van der Waals surface area contributed by atoms with Crippen molar-refractivity contribution in [2.24, 2.45) is 0 Å². The Bertz CT molecular complexity index is 180. The first-order valence-electron chi connectivity index (χ1n) is 5.69. The van der Waals surface area contributed by atoms with Gasteiger partial charge in [0.15, 0.2) is 0 Å². The molecule has 0 spiro atoms. The fourth-order valence-electron chi connectivity index (χ4n) is 1.09. The van der Waals surface area contributed by atoms with E-state index in [9.17, 15) is 0 Å². The maximum Gasteiger partial charge on any atom is 0.0701 e. The van der Waals surface area contributed by atoms with Crippen LogP contribution in [-0.2, 0) is 14.2 Å². The van der Waals surface area contributed by atoms with Gasteiger partial charge in [0, 0.05) is 13.7 Å². The molecule has 0 aliphatic carbocycles. The zero-order valence-electron chi connectivity index (χ0n) is 10.3. The third-order valence-electron chi connectivity index (χ3n) is 2.05. The van der Waals surface area contributed by atoms with E-state index in [1.165, 1.54) is 0 Å². The van der Waals surface area contributed by atoms with Crippen LogP contribution >= 0.6 is 0 Å². The minimum atomic E-state index is 0.154. The molecule has 1 N–H and O–H groups in total. The van der Waals surface area contributed by atoms with Crippen LogP contribution in [0.3, 0.4) is 0 Å². The van der Waals surface area contributed by atoms with Crippen molar-refractivity contribution < 1.29 is 14.2 Å². The van der Waals surface area contributed by atoms with Crippen LogP contribution in [-0.4, -0.2) is 52.7 Å². The van der Waals surface area contributed by atoms with Crippen molar-refractivity contribution in [1.29, 1.82) is 0 Å². The van der Waals surface area contributed by atoms with Gasteiger partial charge in [0.2, 0.25) is 0 Å². The molecule has 4 nitrogen and oxygen atoms in total. The second-order valence-electron chi connectivity index (χ2n) is 3.30. The zero-order chi connectivity index (χ0) is 12.1. The van der Waals surface area contributed by atoms with E-state index in [1.54, 1.807) is 7.11 Å². The monoisotopic (exact) mass is 229 g/mol. The van der Waals surface area contributed by atoms with Crippen LogP contribution in [0.4, 0.5) is 0 Å². The number of terminal acetylenes is 1. The molecule has 1 unspecified atom stereocenters. The summed E-state index contributed by atoms with van der Waals surface area (Å²) in [7, 11) is 1.65. The van der Waals surface area contributed by atoms with Gasteiger partial charge in [-0.15, -0.1) is 6.42 Å². The molecular formula is C12H23NO3. The number of hydrogen-bond acceptors (Lipinski definition) is 4. The predicted octanol–water partition coefficient (Wildman–Crippen LogP) is 0.667. The van der Waals surface area contributed by atoms with Crippen molar-refractivity contribution in [3.05, 3.63) is 0 Å². The summed E-state index contributed by atoms with van der Waals surface area (Å²) in [6.45, 7) is 5.96. The van der Waals surface area contributed by atoms with Crippen LogP contribution in [0.25, 0.3) is 0 Å². The van der Waals surface area contributed by atoms with E-state index in [0.29, 0.717) is 33.0 Å². The minimum absolute atomic E-state index is 0.154. The largest absolute Gasteiger partial charge is 0.382 e. The predicted molar refractivity (Wildman–Crippen MR) is 64.4 cm³/mol. The Balaban J connectivity index is 3.07. The van der Waals surface area contributed by atoms with Crippen LogP contribution in [0, 0.1) is 12.3 Å². The molecule has 0 bridgehead atoms. The molecule has 0 aromatic rings. The Kier molecular flexibility index (Phi) is 12.0. The summed E-state index contributed by atoms with van der Waals surface area (Å²) >= 11 is 0. The van der Waals surface area contributed by atoms with Gasteiger partial charge in [-0.05, 0) is 6.42 Å². The Labute approximate surface area is 98.6 Å². The van der Waals surface area contributed by atoms with Gasteiger partial charge in [0.05, 0.1) is 39.1 Å². The normalized spacial score (nSPS) is 12.3. The van der Waals surface area contributed by atoms with E-state index in [1.807, 2.05) is 0 Å². The van der Waals surface area contributed by atoms with Crippen LogP contribution < -0.4 is 5.32 Å². The summed E-state index contributed by atoms with van der Waals surface area (Å²) in [5.41, 5.74) is 0. The smallest absolute Gasteiger partial charge is 0.0701 e. The number of methoxy groups -OCH3 is 1. The van der Waals surface area contributed by atoms with E-state index in [-0.39, 0.29) is 6.04 Å². The van der Waals surface area contributed by atoms with Crippen molar-refractivity contribution >= 4 is 0 Å². The van der Waals surface area contributed by atoms with Crippen molar-refractivity contribution in [3.63, 3.8) is 0 Å². The highest BCUT2D eigenvalue weighted by Gasteiger charge is 1.98. The molecule has 0 aliphatic rings. The highest BCUT2D eigenvalue weighted by atomic mass is 16.5. The van der Waals surface area contributed by atoms with Crippen molar-refractivity contribution in [3.8, 4) is 12.3 Å². The molecule has 0 fully saturated rings. The molecule has 0 aromatic heterocycles. The summed E-state index contributed by atoms with van der Waals surface area (Å²) in [5, 5.41) is 3.21. The molecule has 0 aliphatic heterocycles. The van der Waals surface area contributed by atoms with Crippen LogP contribution in [0.1, 0.15) is 13.3 Å².